The molecule has 0 amide bonds. The first-order valence-electron chi connectivity index (χ1n) is 7.50. The van der Waals surface area contributed by atoms with Crippen LogP contribution in [0.5, 0.6) is 0 Å². The van der Waals surface area contributed by atoms with Crippen molar-refractivity contribution in [1.29, 1.82) is 0 Å². The third-order valence-corrected chi connectivity index (χ3v) is 6.31. The van der Waals surface area contributed by atoms with Crippen molar-refractivity contribution in [2.24, 2.45) is 5.73 Å². The molecule has 0 aliphatic heterocycles. The standard InChI is InChI=1S/C18H25NS2/c1-5-16(19)18(17-7-6-14(4)21-17)20-11-15-9-12(2)8-13(3)10-15/h6-10,16,18H,5,11,19H2,1-4H3. The van der Waals surface area contributed by atoms with Crippen LogP contribution in [0.4, 0.5) is 0 Å². The Labute approximate surface area is 137 Å². The largest absolute Gasteiger partial charge is 0.326 e. The van der Waals surface area contributed by atoms with Crippen molar-refractivity contribution in [1.82, 2.24) is 0 Å². The molecule has 0 saturated carbocycles. The van der Waals surface area contributed by atoms with Crippen LogP contribution < -0.4 is 5.73 Å². The maximum atomic E-state index is 6.37. The third-order valence-electron chi connectivity index (χ3n) is 3.61. The van der Waals surface area contributed by atoms with Gasteiger partial charge in [-0.25, -0.2) is 0 Å². The molecule has 0 spiro atoms. The molecule has 2 N–H and O–H groups in total. The van der Waals surface area contributed by atoms with Crippen LogP contribution in [0.25, 0.3) is 0 Å². The molecular weight excluding hydrogens is 294 g/mol. The lowest BCUT2D eigenvalue weighted by Gasteiger charge is -2.21. The van der Waals surface area contributed by atoms with Crippen molar-refractivity contribution < 1.29 is 0 Å². The highest BCUT2D eigenvalue weighted by molar-refractivity contribution is 7.98. The average molecular weight is 320 g/mol. The van der Waals surface area contributed by atoms with Crippen LogP contribution in [0.2, 0.25) is 0 Å². The van der Waals surface area contributed by atoms with Crippen molar-refractivity contribution in [2.45, 2.75) is 51.2 Å². The van der Waals surface area contributed by atoms with Crippen molar-refractivity contribution >= 4 is 23.1 Å². The molecule has 21 heavy (non-hydrogen) atoms. The fourth-order valence-electron chi connectivity index (χ4n) is 2.58. The number of benzene rings is 1. The summed E-state index contributed by atoms with van der Waals surface area (Å²) < 4.78 is 0. The predicted octanol–water partition coefficient (Wildman–Crippen LogP) is 5.39. The van der Waals surface area contributed by atoms with E-state index in [-0.39, 0.29) is 6.04 Å². The van der Waals surface area contributed by atoms with E-state index in [1.807, 2.05) is 23.1 Å². The van der Waals surface area contributed by atoms with Crippen LogP contribution in [0, 0.1) is 20.8 Å². The first kappa shape index (κ1) is 16.6. The van der Waals surface area contributed by atoms with Crippen LogP contribution in [-0.4, -0.2) is 6.04 Å². The first-order chi connectivity index (χ1) is 9.99. The molecular formula is C18H25NS2. The molecule has 2 aromatic rings. The van der Waals surface area contributed by atoms with E-state index < -0.39 is 0 Å². The molecule has 0 radical (unpaired) electrons. The molecule has 114 valence electrons. The lowest BCUT2D eigenvalue weighted by molar-refractivity contribution is 0.640. The number of nitrogens with two attached hydrogens (primary N) is 1. The van der Waals surface area contributed by atoms with Crippen molar-refractivity contribution in [3.05, 3.63) is 56.8 Å². The summed E-state index contributed by atoms with van der Waals surface area (Å²) in [7, 11) is 0. The quantitative estimate of drug-likeness (QED) is 0.773. The van der Waals surface area contributed by atoms with E-state index in [9.17, 15) is 0 Å². The van der Waals surface area contributed by atoms with Gasteiger partial charge in [0.1, 0.15) is 0 Å². The van der Waals surface area contributed by atoms with Gasteiger partial charge in [0, 0.05) is 21.5 Å². The second kappa shape index (κ2) is 7.48. The van der Waals surface area contributed by atoms with Crippen LogP contribution in [0.1, 0.15) is 45.0 Å². The van der Waals surface area contributed by atoms with Crippen LogP contribution >= 0.6 is 23.1 Å². The van der Waals surface area contributed by atoms with Gasteiger partial charge >= 0.3 is 0 Å². The monoisotopic (exact) mass is 319 g/mol. The topological polar surface area (TPSA) is 26.0 Å². The first-order valence-corrected chi connectivity index (χ1v) is 9.36. The molecule has 0 aliphatic rings. The summed E-state index contributed by atoms with van der Waals surface area (Å²) in [4.78, 5) is 2.78. The summed E-state index contributed by atoms with van der Waals surface area (Å²) in [6.45, 7) is 8.67. The highest BCUT2D eigenvalue weighted by Crippen LogP contribution is 2.38. The summed E-state index contributed by atoms with van der Waals surface area (Å²) in [5.74, 6) is 1.03. The van der Waals surface area contributed by atoms with E-state index in [0.29, 0.717) is 5.25 Å². The van der Waals surface area contributed by atoms with Crippen molar-refractivity contribution in [2.75, 3.05) is 0 Å². The maximum absolute atomic E-state index is 6.37. The Morgan fingerprint density at radius 3 is 2.29 bits per heavy atom. The summed E-state index contributed by atoms with van der Waals surface area (Å²) in [5, 5.41) is 0.398. The fourth-order valence-corrected chi connectivity index (χ4v) is 5.08. The lowest BCUT2D eigenvalue weighted by atomic mass is 10.1. The Balaban J connectivity index is 2.12. The maximum Gasteiger partial charge on any atom is 0.0545 e. The Kier molecular flexibility index (Phi) is 5.91. The average Bonchev–Trinajstić information content (AvgIpc) is 2.84. The number of rotatable bonds is 6. The molecule has 2 unspecified atom stereocenters. The fraction of sp³-hybridized carbons (Fsp3) is 0.444. The number of thioether (sulfide) groups is 1. The molecule has 0 bridgehead atoms. The van der Waals surface area contributed by atoms with Gasteiger partial charge in [-0.05, 0) is 44.9 Å². The SMILES string of the molecule is CCC(N)C(SCc1cc(C)cc(C)c1)c1ccc(C)s1. The zero-order chi connectivity index (χ0) is 15.4. The van der Waals surface area contributed by atoms with E-state index in [2.05, 4.69) is 58.0 Å². The van der Waals surface area contributed by atoms with Gasteiger partial charge in [0.05, 0.1) is 5.25 Å². The molecule has 1 aromatic heterocycles. The Bertz CT molecular complexity index is 568. The van der Waals surface area contributed by atoms with Crippen LogP contribution in [0.3, 0.4) is 0 Å². The number of thiophene rings is 1. The van der Waals surface area contributed by atoms with Gasteiger partial charge in [0.15, 0.2) is 0 Å². The Morgan fingerprint density at radius 1 is 1.10 bits per heavy atom. The Morgan fingerprint density at radius 2 is 1.76 bits per heavy atom. The molecule has 0 aliphatic carbocycles. The number of hydrogen-bond donors (Lipinski definition) is 1. The van der Waals surface area contributed by atoms with Crippen molar-refractivity contribution in [3.63, 3.8) is 0 Å². The normalized spacial score (nSPS) is 14.1. The molecule has 3 heteroatoms. The molecule has 1 aromatic carbocycles. The second-order valence-electron chi connectivity index (χ2n) is 5.75. The predicted molar refractivity (Wildman–Crippen MR) is 97.3 cm³/mol. The summed E-state index contributed by atoms with van der Waals surface area (Å²) in [5.41, 5.74) is 10.5. The van der Waals surface area contributed by atoms with E-state index in [1.54, 1.807) is 0 Å². The van der Waals surface area contributed by atoms with Gasteiger partial charge in [-0.3, -0.25) is 0 Å². The summed E-state index contributed by atoms with van der Waals surface area (Å²) in [6.07, 6.45) is 1.02. The summed E-state index contributed by atoms with van der Waals surface area (Å²) in [6, 6.07) is 11.5. The van der Waals surface area contributed by atoms with E-state index >= 15 is 0 Å². The van der Waals surface area contributed by atoms with Gasteiger partial charge in [-0.1, -0.05) is 36.2 Å². The van der Waals surface area contributed by atoms with E-state index in [1.165, 1.54) is 26.4 Å². The second-order valence-corrected chi connectivity index (χ2v) is 8.20. The van der Waals surface area contributed by atoms with Gasteiger partial charge in [-0.2, -0.15) is 0 Å². The molecule has 1 nitrogen and oxygen atoms in total. The van der Waals surface area contributed by atoms with Gasteiger partial charge in [0.25, 0.3) is 0 Å². The van der Waals surface area contributed by atoms with Gasteiger partial charge in [-0.15, -0.1) is 23.1 Å². The Hall–Kier alpha value is -0.770. The smallest absolute Gasteiger partial charge is 0.0545 e. The van der Waals surface area contributed by atoms with Crippen molar-refractivity contribution in [3.8, 4) is 0 Å². The zero-order valence-electron chi connectivity index (χ0n) is 13.3. The highest BCUT2D eigenvalue weighted by atomic mass is 32.2. The molecule has 1 heterocycles. The zero-order valence-corrected chi connectivity index (χ0v) is 15.0. The minimum absolute atomic E-state index is 0.221. The molecule has 0 fully saturated rings. The van der Waals surface area contributed by atoms with Crippen LogP contribution in [-0.2, 0) is 5.75 Å². The molecule has 0 saturated heterocycles. The highest BCUT2D eigenvalue weighted by Gasteiger charge is 2.20. The molecule has 2 rings (SSSR count). The van der Waals surface area contributed by atoms with Gasteiger partial charge < -0.3 is 5.73 Å². The minimum atomic E-state index is 0.221. The van der Waals surface area contributed by atoms with Gasteiger partial charge in [0.2, 0.25) is 0 Å². The van der Waals surface area contributed by atoms with E-state index in [4.69, 9.17) is 5.73 Å². The van der Waals surface area contributed by atoms with E-state index in [0.717, 1.165) is 12.2 Å². The third kappa shape index (κ3) is 4.60. The number of hydrogen-bond acceptors (Lipinski definition) is 3. The minimum Gasteiger partial charge on any atom is -0.326 e. The molecule has 2 atom stereocenters. The summed E-state index contributed by atoms with van der Waals surface area (Å²) >= 11 is 3.86. The van der Waals surface area contributed by atoms with Crippen LogP contribution in [0.15, 0.2) is 30.3 Å². The lowest BCUT2D eigenvalue weighted by Crippen LogP contribution is -2.25. The number of aryl methyl sites for hydroxylation is 3.